The molecule has 0 saturated carbocycles. The lowest BCUT2D eigenvalue weighted by molar-refractivity contribution is -0.384. The fraction of sp³-hybridized carbons (Fsp3) is 0.0870. The Labute approximate surface area is 198 Å². The molecule has 1 N–H and O–H groups in total. The molecule has 0 bridgehead atoms. The zero-order valence-corrected chi connectivity index (χ0v) is 19.0. The molecule has 8 nitrogen and oxygen atoms in total. The lowest BCUT2D eigenvalue weighted by Crippen LogP contribution is -2.54. The molecule has 0 spiro atoms. The number of rotatable bonds is 4. The molecule has 1 saturated heterocycles. The summed E-state index contributed by atoms with van der Waals surface area (Å²) in [5, 5.41) is 14.0. The number of non-ortho nitro benzene ring substituents is 1. The van der Waals surface area contributed by atoms with Gasteiger partial charge in [0.25, 0.3) is 17.5 Å². The first-order chi connectivity index (χ1) is 15.7. The maximum absolute atomic E-state index is 13.2. The predicted molar refractivity (Wildman–Crippen MR) is 128 cm³/mol. The maximum Gasteiger partial charge on any atom is 0.270 e. The van der Waals surface area contributed by atoms with Gasteiger partial charge in [0, 0.05) is 22.7 Å². The van der Waals surface area contributed by atoms with Gasteiger partial charge >= 0.3 is 0 Å². The SMILES string of the molecule is Cc1ccc([N+](=O)[O-])cc1-c1ccc(/C=C2\C(=O)NC(=S)N(c3cccc(Cl)c3C)C2=O)o1. The second-order valence-electron chi connectivity index (χ2n) is 7.30. The molecule has 1 aromatic heterocycles. The highest BCUT2D eigenvalue weighted by atomic mass is 35.5. The number of anilines is 1. The van der Waals surface area contributed by atoms with Gasteiger partial charge in [-0.2, -0.15) is 0 Å². The first-order valence-corrected chi connectivity index (χ1v) is 10.5. The average molecular weight is 482 g/mol. The number of furan rings is 1. The van der Waals surface area contributed by atoms with E-state index in [9.17, 15) is 19.7 Å². The average Bonchev–Trinajstić information content (AvgIpc) is 3.22. The highest BCUT2D eigenvalue weighted by Gasteiger charge is 2.35. The number of carbonyl (C=O) groups excluding carboxylic acids is 2. The molecule has 1 aliphatic rings. The number of nitro benzene ring substituents is 1. The van der Waals surface area contributed by atoms with Crippen LogP contribution in [0.4, 0.5) is 11.4 Å². The standard InChI is InChI=1S/C23H16ClN3O5S/c1-12-6-7-14(27(30)31)10-16(12)20-9-8-15(32-20)11-17-21(28)25-23(33)26(22(17)29)19-5-3-4-18(24)13(19)2/h3-11H,1-2H3,(H,25,28,33)/b17-11+. The molecule has 33 heavy (non-hydrogen) atoms. The molecule has 2 heterocycles. The molecule has 0 atom stereocenters. The van der Waals surface area contributed by atoms with E-state index in [0.29, 0.717) is 27.6 Å². The number of amides is 2. The lowest BCUT2D eigenvalue weighted by Gasteiger charge is -2.30. The Morgan fingerprint density at radius 1 is 1.15 bits per heavy atom. The summed E-state index contributed by atoms with van der Waals surface area (Å²) < 4.78 is 5.79. The number of aryl methyl sites for hydroxylation is 1. The van der Waals surface area contributed by atoms with Crippen LogP contribution in [0.15, 0.2) is 58.5 Å². The molecule has 0 unspecified atom stereocenters. The third-order valence-electron chi connectivity index (χ3n) is 5.19. The quantitative estimate of drug-likeness (QED) is 0.186. The summed E-state index contributed by atoms with van der Waals surface area (Å²) in [6.07, 6.45) is 1.31. The summed E-state index contributed by atoms with van der Waals surface area (Å²) in [5.41, 5.74) is 2.14. The van der Waals surface area contributed by atoms with Gasteiger partial charge in [-0.15, -0.1) is 0 Å². The van der Waals surface area contributed by atoms with Crippen molar-refractivity contribution in [3.63, 3.8) is 0 Å². The van der Waals surface area contributed by atoms with E-state index >= 15 is 0 Å². The van der Waals surface area contributed by atoms with Crippen molar-refractivity contribution in [2.24, 2.45) is 0 Å². The van der Waals surface area contributed by atoms with Gasteiger partial charge < -0.3 is 4.42 Å². The van der Waals surface area contributed by atoms with E-state index in [1.54, 1.807) is 50.2 Å². The number of nitro groups is 1. The molecule has 2 aromatic carbocycles. The van der Waals surface area contributed by atoms with Crippen LogP contribution in [0.3, 0.4) is 0 Å². The number of halogens is 1. The Balaban J connectivity index is 1.72. The van der Waals surface area contributed by atoms with Crippen molar-refractivity contribution in [3.8, 4) is 11.3 Å². The Bertz CT molecular complexity index is 1380. The Hall–Kier alpha value is -3.82. The second kappa shape index (κ2) is 8.61. The fourth-order valence-corrected chi connectivity index (χ4v) is 3.86. The Morgan fingerprint density at radius 3 is 2.64 bits per heavy atom. The molecule has 0 radical (unpaired) electrons. The van der Waals surface area contributed by atoms with E-state index in [2.05, 4.69) is 5.32 Å². The van der Waals surface area contributed by atoms with Gasteiger partial charge in [-0.25, -0.2) is 0 Å². The number of nitrogens with one attached hydrogen (secondary N) is 1. The van der Waals surface area contributed by atoms with Crippen LogP contribution in [0.2, 0.25) is 5.02 Å². The predicted octanol–water partition coefficient (Wildman–Crippen LogP) is 4.96. The summed E-state index contributed by atoms with van der Waals surface area (Å²) in [7, 11) is 0. The zero-order valence-electron chi connectivity index (χ0n) is 17.4. The third-order valence-corrected chi connectivity index (χ3v) is 5.89. The van der Waals surface area contributed by atoms with Crippen LogP contribution in [0, 0.1) is 24.0 Å². The molecular formula is C23H16ClN3O5S. The molecule has 166 valence electrons. The van der Waals surface area contributed by atoms with Crippen molar-refractivity contribution in [2.45, 2.75) is 13.8 Å². The molecule has 10 heteroatoms. The van der Waals surface area contributed by atoms with Crippen molar-refractivity contribution in [3.05, 3.63) is 86.1 Å². The monoisotopic (exact) mass is 481 g/mol. The van der Waals surface area contributed by atoms with Crippen molar-refractivity contribution >= 4 is 58.2 Å². The molecular weight excluding hydrogens is 466 g/mol. The minimum atomic E-state index is -0.662. The van der Waals surface area contributed by atoms with Crippen molar-refractivity contribution in [2.75, 3.05) is 4.90 Å². The van der Waals surface area contributed by atoms with E-state index in [1.165, 1.54) is 23.1 Å². The van der Waals surface area contributed by atoms with Crippen molar-refractivity contribution < 1.29 is 18.9 Å². The van der Waals surface area contributed by atoms with Crippen molar-refractivity contribution in [1.82, 2.24) is 5.32 Å². The minimum Gasteiger partial charge on any atom is -0.457 e. The Morgan fingerprint density at radius 2 is 1.91 bits per heavy atom. The van der Waals surface area contributed by atoms with Crippen LogP contribution in [0.25, 0.3) is 17.4 Å². The molecule has 1 fully saturated rings. The van der Waals surface area contributed by atoms with Crippen LogP contribution in [-0.4, -0.2) is 21.9 Å². The van der Waals surface area contributed by atoms with E-state index in [4.69, 9.17) is 28.2 Å². The molecule has 2 amide bonds. The first kappa shape index (κ1) is 22.4. The summed E-state index contributed by atoms with van der Waals surface area (Å²) in [4.78, 5) is 37.6. The van der Waals surface area contributed by atoms with Gasteiger partial charge in [-0.3, -0.25) is 29.9 Å². The highest BCUT2D eigenvalue weighted by molar-refractivity contribution is 7.80. The molecule has 0 aliphatic carbocycles. The second-order valence-corrected chi connectivity index (χ2v) is 8.09. The lowest BCUT2D eigenvalue weighted by atomic mass is 10.1. The van der Waals surface area contributed by atoms with Crippen LogP contribution in [0.1, 0.15) is 16.9 Å². The summed E-state index contributed by atoms with van der Waals surface area (Å²) in [5.74, 6) is -0.696. The summed E-state index contributed by atoms with van der Waals surface area (Å²) in [6.45, 7) is 3.54. The van der Waals surface area contributed by atoms with E-state index < -0.39 is 16.7 Å². The minimum absolute atomic E-state index is 0.0557. The van der Waals surface area contributed by atoms with Gasteiger partial charge in [0.05, 0.1) is 10.6 Å². The fourth-order valence-electron chi connectivity index (χ4n) is 3.42. The third kappa shape index (κ3) is 4.15. The Kier molecular flexibility index (Phi) is 5.84. The van der Waals surface area contributed by atoms with Gasteiger partial charge in [-0.05, 0) is 67.5 Å². The first-order valence-electron chi connectivity index (χ1n) is 9.69. The van der Waals surface area contributed by atoms with Crippen LogP contribution in [-0.2, 0) is 9.59 Å². The molecule has 1 aliphatic heterocycles. The number of carbonyl (C=O) groups is 2. The number of hydrogen-bond acceptors (Lipinski definition) is 6. The van der Waals surface area contributed by atoms with E-state index in [-0.39, 0.29) is 22.1 Å². The van der Waals surface area contributed by atoms with Crippen LogP contribution < -0.4 is 10.2 Å². The van der Waals surface area contributed by atoms with Crippen molar-refractivity contribution in [1.29, 1.82) is 0 Å². The van der Waals surface area contributed by atoms with Crippen LogP contribution in [0.5, 0.6) is 0 Å². The number of thiocarbonyl (C=S) groups is 1. The molecule has 4 rings (SSSR count). The van der Waals surface area contributed by atoms with E-state index in [1.807, 2.05) is 0 Å². The van der Waals surface area contributed by atoms with Gasteiger partial charge in [0.15, 0.2) is 5.11 Å². The maximum atomic E-state index is 13.2. The normalized spacial score (nSPS) is 15.2. The number of nitrogens with zero attached hydrogens (tertiary/aromatic N) is 2. The highest BCUT2D eigenvalue weighted by Crippen LogP contribution is 2.32. The van der Waals surface area contributed by atoms with Gasteiger partial charge in [-0.1, -0.05) is 23.7 Å². The van der Waals surface area contributed by atoms with Crippen LogP contribution >= 0.6 is 23.8 Å². The number of hydrogen-bond donors (Lipinski definition) is 1. The number of benzene rings is 2. The van der Waals surface area contributed by atoms with Gasteiger partial charge in [0.2, 0.25) is 0 Å². The largest absolute Gasteiger partial charge is 0.457 e. The topological polar surface area (TPSA) is 106 Å². The zero-order chi connectivity index (χ0) is 23.9. The van der Waals surface area contributed by atoms with E-state index in [0.717, 1.165) is 5.56 Å². The summed E-state index contributed by atoms with van der Waals surface area (Å²) in [6, 6.07) is 12.7. The molecule has 3 aromatic rings. The summed E-state index contributed by atoms with van der Waals surface area (Å²) >= 11 is 11.4. The van der Waals surface area contributed by atoms with Gasteiger partial charge in [0.1, 0.15) is 17.1 Å². The smallest absolute Gasteiger partial charge is 0.270 e.